The zero-order valence-corrected chi connectivity index (χ0v) is 10.1. The molecule has 1 saturated heterocycles. The molecule has 0 saturated carbocycles. The van der Waals surface area contributed by atoms with Crippen molar-refractivity contribution >= 4 is 11.5 Å². The van der Waals surface area contributed by atoms with Crippen LogP contribution in [0.5, 0.6) is 0 Å². The molecule has 1 fully saturated rings. The molecule has 0 unspecified atom stereocenters. The molecule has 0 N–H and O–H groups in total. The zero-order valence-electron chi connectivity index (χ0n) is 10.1. The van der Waals surface area contributed by atoms with Gasteiger partial charge in [0.05, 0.1) is 0 Å². The van der Waals surface area contributed by atoms with E-state index in [1.807, 2.05) is 18.2 Å². The first-order chi connectivity index (χ1) is 7.68. The second-order valence-corrected chi connectivity index (χ2v) is 4.74. The molecule has 0 aromatic heterocycles. The Labute approximate surface area is 97.3 Å². The average Bonchev–Trinajstić information content (AvgIpc) is 2.30. The van der Waals surface area contributed by atoms with Gasteiger partial charge in [0, 0.05) is 24.3 Å². The van der Waals surface area contributed by atoms with Crippen LogP contribution in [0.4, 0.5) is 5.69 Å². The van der Waals surface area contributed by atoms with Crippen LogP contribution in [0.15, 0.2) is 24.3 Å². The van der Waals surface area contributed by atoms with Gasteiger partial charge >= 0.3 is 0 Å². The third kappa shape index (κ3) is 2.26. The Kier molecular flexibility index (Phi) is 3.28. The molecule has 0 radical (unpaired) electrons. The number of benzene rings is 1. The van der Waals surface area contributed by atoms with Crippen LogP contribution in [0.1, 0.15) is 37.0 Å². The Bertz CT molecular complexity index is 378. The van der Waals surface area contributed by atoms with Crippen molar-refractivity contribution in [3.63, 3.8) is 0 Å². The molecule has 86 valence electrons. The number of anilines is 1. The zero-order chi connectivity index (χ0) is 11.5. The van der Waals surface area contributed by atoms with Crippen molar-refractivity contribution in [3.05, 3.63) is 29.8 Å². The van der Waals surface area contributed by atoms with E-state index in [1.54, 1.807) is 6.92 Å². The topological polar surface area (TPSA) is 20.3 Å². The largest absolute Gasteiger partial charge is 0.371 e. The summed E-state index contributed by atoms with van der Waals surface area (Å²) >= 11 is 0. The van der Waals surface area contributed by atoms with Gasteiger partial charge in [0.1, 0.15) is 0 Å². The maximum Gasteiger partial charge on any atom is 0.161 e. The van der Waals surface area contributed by atoms with Crippen molar-refractivity contribution in [3.8, 4) is 0 Å². The molecule has 0 spiro atoms. The molecule has 0 atom stereocenters. The smallest absolute Gasteiger partial charge is 0.161 e. The predicted octanol–water partition coefficient (Wildman–Crippen LogP) is 3.13. The van der Waals surface area contributed by atoms with Gasteiger partial charge in [-0.05, 0) is 37.8 Å². The van der Waals surface area contributed by atoms with Crippen LogP contribution in [0.3, 0.4) is 0 Å². The Morgan fingerprint density at radius 2 is 1.88 bits per heavy atom. The monoisotopic (exact) mass is 217 g/mol. The van der Waals surface area contributed by atoms with Crippen molar-refractivity contribution in [2.75, 3.05) is 18.0 Å². The van der Waals surface area contributed by atoms with E-state index >= 15 is 0 Å². The van der Waals surface area contributed by atoms with Gasteiger partial charge in [0.25, 0.3) is 0 Å². The van der Waals surface area contributed by atoms with E-state index in [2.05, 4.69) is 17.9 Å². The highest BCUT2D eigenvalue weighted by Crippen LogP contribution is 2.26. The van der Waals surface area contributed by atoms with Gasteiger partial charge in [-0.2, -0.15) is 0 Å². The molecule has 1 aliphatic heterocycles. The van der Waals surface area contributed by atoms with Crippen molar-refractivity contribution in [2.45, 2.75) is 26.7 Å². The van der Waals surface area contributed by atoms with Gasteiger partial charge in [-0.3, -0.25) is 4.79 Å². The summed E-state index contributed by atoms with van der Waals surface area (Å²) < 4.78 is 0. The van der Waals surface area contributed by atoms with Gasteiger partial charge in [-0.25, -0.2) is 0 Å². The van der Waals surface area contributed by atoms with Gasteiger partial charge in [0.15, 0.2) is 5.78 Å². The number of rotatable bonds is 2. The molecular formula is C14H19NO. The highest BCUT2D eigenvalue weighted by Gasteiger charge is 2.18. The fourth-order valence-corrected chi connectivity index (χ4v) is 2.30. The molecule has 1 aliphatic rings. The molecule has 0 aliphatic carbocycles. The number of Topliss-reactive ketones (excluding diaryl/α,β-unsaturated/α-hetero) is 1. The molecule has 0 amide bonds. The number of nitrogens with zero attached hydrogens (tertiary/aromatic N) is 1. The van der Waals surface area contributed by atoms with Crippen LogP contribution < -0.4 is 4.90 Å². The molecular weight excluding hydrogens is 198 g/mol. The van der Waals surface area contributed by atoms with Crippen LogP contribution in [0.2, 0.25) is 0 Å². The maximum absolute atomic E-state index is 11.5. The molecule has 2 heteroatoms. The quantitative estimate of drug-likeness (QED) is 0.709. The lowest BCUT2D eigenvalue weighted by atomic mass is 9.97. The Hall–Kier alpha value is -1.31. The summed E-state index contributed by atoms with van der Waals surface area (Å²) in [4.78, 5) is 13.9. The Morgan fingerprint density at radius 1 is 1.25 bits per heavy atom. The maximum atomic E-state index is 11.5. The van der Waals surface area contributed by atoms with Crippen LogP contribution in [0.25, 0.3) is 0 Å². The summed E-state index contributed by atoms with van der Waals surface area (Å²) in [5.74, 6) is 0.981. The fourth-order valence-electron chi connectivity index (χ4n) is 2.30. The van der Waals surface area contributed by atoms with E-state index in [0.717, 1.165) is 30.3 Å². The summed E-state index contributed by atoms with van der Waals surface area (Å²) in [7, 11) is 0. The Morgan fingerprint density at radius 3 is 2.50 bits per heavy atom. The van der Waals surface area contributed by atoms with E-state index in [-0.39, 0.29) is 5.78 Å². The number of carbonyl (C=O) groups is 1. The first-order valence-electron chi connectivity index (χ1n) is 6.03. The number of hydrogen-bond donors (Lipinski definition) is 0. The molecule has 16 heavy (non-hydrogen) atoms. The second kappa shape index (κ2) is 4.69. The molecule has 1 aromatic rings. The summed E-state index contributed by atoms with van der Waals surface area (Å²) in [6.45, 7) is 6.09. The van der Waals surface area contributed by atoms with Crippen molar-refractivity contribution in [1.29, 1.82) is 0 Å². The minimum Gasteiger partial charge on any atom is -0.371 e. The predicted molar refractivity (Wildman–Crippen MR) is 67.1 cm³/mol. The first-order valence-corrected chi connectivity index (χ1v) is 6.03. The SMILES string of the molecule is CC(=O)c1ccccc1N1CCC(C)CC1. The number of piperidine rings is 1. The van der Waals surface area contributed by atoms with Crippen molar-refractivity contribution in [2.24, 2.45) is 5.92 Å². The lowest BCUT2D eigenvalue weighted by molar-refractivity contribution is 0.101. The molecule has 2 rings (SSSR count). The number of hydrogen-bond acceptors (Lipinski definition) is 2. The Balaban J connectivity index is 2.23. The lowest BCUT2D eigenvalue weighted by Crippen LogP contribution is -2.33. The number of carbonyl (C=O) groups excluding carboxylic acids is 1. The van der Waals surface area contributed by atoms with Crippen molar-refractivity contribution < 1.29 is 4.79 Å². The van der Waals surface area contributed by atoms with Crippen LogP contribution in [-0.4, -0.2) is 18.9 Å². The summed E-state index contributed by atoms with van der Waals surface area (Å²) in [6, 6.07) is 7.94. The molecule has 1 heterocycles. The lowest BCUT2D eigenvalue weighted by Gasteiger charge is -2.33. The number of ketones is 1. The van der Waals surface area contributed by atoms with Gasteiger partial charge in [0.2, 0.25) is 0 Å². The van der Waals surface area contributed by atoms with Crippen molar-refractivity contribution in [1.82, 2.24) is 0 Å². The average molecular weight is 217 g/mol. The van der Waals surface area contributed by atoms with Gasteiger partial charge in [-0.1, -0.05) is 19.1 Å². The van der Waals surface area contributed by atoms with E-state index in [4.69, 9.17) is 0 Å². The van der Waals surface area contributed by atoms with Gasteiger partial charge in [-0.15, -0.1) is 0 Å². The molecule has 1 aromatic carbocycles. The van der Waals surface area contributed by atoms with Crippen LogP contribution >= 0.6 is 0 Å². The summed E-state index contributed by atoms with van der Waals surface area (Å²) in [6.07, 6.45) is 2.46. The van der Waals surface area contributed by atoms with Crippen LogP contribution in [0, 0.1) is 5.92 Å². The van der Waals surface area contributed by atoms with Crippen LogP contribution in [-0.2, 0) is 0 Å². The summed E-state index contributed by atoms with van der Waals surface area (Å²) in [5.41, 5.74) is 1.97. The minimum atomic E-state index is 0.161. The highest BCUT2D eigenvalue weighted by atomic mass is 16.1. The van der Waals surface area contributed by atoms with Gasteiger partial charge < -0.3 is 4.90 Å². The third-order valence-corrected chi connectivity index (χ3v) is 3.41. The first kappa shape index (κ1) is 11.2. The standard InChI is InChI=1S/C14H19NO/c1-11-7-9-15(10-8-11)14-6-4-3-5-13(14)12(2)16/h3-6,11H,7-10H2,1-2H3. The van der Waals surface area contributed by atoms with E-state index in [1.165, 1.54) is 12.8 Å². The fraction of sp³-hybridized carbons (Fsp3) is 0.500. The second-order valence-electron chi connectivity index (χ2n) is 4.74. The van der Waals surface area contributed by atoms with E-state index in [9.17, 15) is 4.79 Å². The van der Waals surface area contributed by atoms with E-state index < -0.39 is 0 Å². The third-order valence-electron chi connectivity index (χ3n) is 3.41. The number of para-hydroxylation sites is 1. The molecule has 2 nitrogen and oxygen atoms in total. The summed E-state index contributed by atoms with van der Waals surface area (Å²) in [5, 5.41) is 0. The normalized spacial score (nSPS) is 17.5. The highest BCUT2D eigenvalue weighted by molar-refractivity contribution is 5.99. The minimum absolute atomic E-state index is 0.161. The van der Waals surface area contributed by atoms with E-state index in [0.29, 0.717) is 0 Å². The molecule has 0 bridgehead atoms.